The molecule has 2 heteroatoms. The summed E-state index contributed by atoms with van der Waals surface area (Å²) in [5, 5.41) is 12.0. The maximum absolute atomic E-state index is 10.9. The van der Waals surface area contributed by atoms with E-state index in [1.807, 2.05) is 24.3 Å². The molecule has 2 unspecified atom stereocenters. The number of fused-ring (bicyclic) bond motifs is 1. The van der Waals surface area contributed by atoms with Crippen LogP contribution in [0.2, 0.25) is 0 Å². The average molecular weight is 227 g/mol. The van der Waals surface area contributed by atoms with Gasteiger partial charge in [-0.15, -0.1) is 0 Å². The summed E-state index contributed by atoms with van der Waals surface area (Å²) in [6.45, 7) is 2.14. The number of aliphatic hydroxyl groups is 1. The van der Waals surface area contributed by atoms with Crippen LogP contribution in [0.15, 0.2) is 36.5 Å². The van der Waals surface area contributed by atoms with Crippen LogP contribution in [0.25, 0.3) is 10.9 Å². The topological polar surface area (TPSA) is 33.1 Å². The molecular formula is C15H17NO. The number of benzene rings is 1. The largest absolute Gasteiger partial charge is 0.385 e. The highest BCUT2D eigenvalue weighted by Gasteiger charge is 2.40. The Morgan fingerprint density at radius 3 is 2.94 bits per heavy atom. The molecule has 0 saturated heterocycles. The minimum Gasteiger partial charge on any atom is -0.385 e. The molecule has 1 fully saturated rings. The molecular weight excluding hydrogens is 210 g/mol. The van der Waals surface area contributed by atoms with Crippen molar-refractivity contribution in [1.29, 1.82) is 0 Å². The summed E-state index contributed by atoms with van der Waals surface area (Å²) in [5.41, 5.74) is 1.35. The Kier molecular flexibility index (Phi) is 2.40. The van der Waals surface area contributed by atoms with E-state index in [9.17, 15) is 5.11 Å². The summed E-state index contributed by atoms with van der Waals surface area (Å²) in [5.74, 6) is 0.327. The van der Waals surface area contributed by atoms with Gasteiger partial charge in [-0.1, -0.05) is 25.1 Å². The lowest BCUT2D eigenvalue weighted by Crippen LogP contribution is -2.28. The molecule has 2 atom stereocenters. The second-order valence-corrected chi connectivity index (χ2v) is 5.09. The second-order valence-electron chi connectivity index (χ2n) is 5.09. The molecule has 1 heterocycles. The molecule has 17 heavy (non-hydrogen) atoms. The van der Waals surface area contributed by atoms with Crippen molar-refractivity contribution < 1.29 is 5.11 Å². The molecule has 0 amide bonds. The fourth-order valence-corrected chi connectivity index (χ4v) is 3.04. The summed E-state index contributed by atoms with van der Waals surface area (Å²) >= 11 is 0. The summed E-state index contributed by atoms with van der Waals surface area (Å²) in [6, 6.07) is 10.0. The Morgan fingerprint density at radius 1 is 1.29 bits per heavy atom. The van der Waals surface area contributed by atoms with Crippen LogP contribution in [-0.4, -0.2) is 10.1 Å². The molecule has 2 aromatic rings. The van der Waals surface area contributed by atoms with Gasteiger partial charge in [-0.3, -0.25) is 4.98 Å². The molecule has 1 aliphatic rings. The minimum absolute atomic E-state index is 0.327. The van der Waals surface area contributed by atoms with Gasteiger partial charge in [-0.05, 0) is 42.9 Å². The molecule has 1 N–H and O–H groups in total. The van der Waals surface area contributed by atoms with Crippen LogP contribution in [0.3, 0.4) is 0 Å². The van der Waals surface area contributed by atoms with Crippen molar-refractivity contribution in [3.05, 3.63) is 42.1 Å². The van der Waals surface area contributed by atoms with Crippen LogP contribution in [0.5, 0.6) is 0 Å². The van der Waals surface area contributed by atoms with E-state index in [4.69, 9.17) is 0 Å². The van der Waals surface area contributed by atoms with Crippen molar-refractivity contribution in [2.75, 3.05) is 0 Å². The van der Waals surface area contributed by atoms with Gasteiger partial charge in [0.1, 0.15) is 0 Å². The second kappa shape index (κ2) is 3.81. The molecule has 0 aliphatic heterocycles. The Morgan fingerprint density at radius 2 is 2.18 bits per heavy atom. The predicted molar refractivity (Wildman–Crippen MR) is 68.7 cm³/mol. The van der Waals surface area contributed by atoms with E-state index in [1.54, 1.807) is 6.20 Å². The highest BCUT2D eigenvalue weighted by Crippen LogP contribution is 2.45. The van der Waals surface area contributed by atoms with Gasteiger partial charge in [0, 0.05) is 11.6 Å². The molecule has 1 aromatic carbocycles. The highest BCUT2D eigenvalue weighted by molar-refractivity contribution is 5.83. The van der Waals surface area contributed by atoms with E-state index < -0.39 is 5.60 Å². The third-order valence-electron chi connectivity index (χ3n) is 4.12. The van der Waals surface area contributed by atoms with Gasteiger partial charge >= 0.3 is 0 Å². The number of hydrogen-bond donors (Lipinski definition) is 1. The Labute approximate surface area is 101 Å². The van der Waals surface area contributed by atoms with Gasteiger partial charge in [0.15, 0.2) is 0 Å². The summed E-state index contributed by atoms with van der Waals surface area (Å²) < 4.78 is 0. The number of aromatic nitrogens is 1. The molecule has 1 aliphatic carbocycles. The van der Waals surface area contributed by atoms with E-state index in [0.29, 0.717) is 5.92 Å². The van der Waals surface area contributed by atoms with Gasteiger partial charge in [0.05, 0.1) is 11.1 Å². The molecule has 0 radical (unpaired) electrons. The van der Waals surface area contributed by atoms with Crippen LogP contribution in [0.4, 0.5) is 0 Å². The first-order valence-corrected chi connectivity index (χ1v) is 6.28. The van der Waals surface area contributed by atoms with Crippen molar-refractivity contribution in [2.45, 2.75) is 31.8 Å². The molecule has 2 nitrogen and oxygen atoms in total. The maximum atomic E-state index is 10.9. The zero-order valence-corrected chi connectivity index (χ0v) is 10.1. The van der Waals surface area contributed by atoms with Gasteiger partial charge in [0.25, 0.3) is 0 Å². The Bertz CT molecular complexity index is 546. The fourth-order valence-electron chi connectivity index (χ4n) is 3.04. The Balaban J connectivity index is 2.24. The lowest BCUT2D eigenvalue weighted by Gasteiger charge is -2.29. The molecule has 88 valence electrons. The smallest absolute Gasteiger partial charge is 0.0928 e. The third-order valence-corrected chi connectivity index (χ3v) is 4.12. The first kappa shape index (κ1) is 10.7. The number of hydrogen-bond acceptors (Lipinski definition) is 2. The lowest BCUT2D eigenvalue weighted by atomic mass is 9.83. The van der Waals surface area contributed by atoms with Gasteiger partial charge in [-0.2, -0.15) is 0 Å². The van der Waals surface area contributed by atoms with Crippen molar-refractivity contribution in [3.63, 3.8) is 0 Å². The average Bonchev–Trinajstić information content (AvgIpc) is 2.70. The van der Waals surface area contributed by atoms with Crippen molar-refractivity contribution in [3.8, 4) is 0 Å². The van der Waals surface area contributed by atoms with E-state index in [-0.39, 0.29) is 0 Å². The van der Waals surface area contributed by atoms with Crippen LogP contribution in [-0.2, 0) is 5.60 Å². The lowest BCUT2D eigenvalue weighted by molar-refractivity contribution is 0.00593. The first-order valence-electron chi connectivity index (χ1n) is 6.28. The molecule has 0 spiro atoms. The van der Waals surface area contributed by atoms with Crippen LogP contribution in [0, 0.1) is 5.92 Å². The summed E-state index contributed by atoms with van der Waals surface area (Å²) in [7, 11) is 0. The summed E-state index contributed by atoms with van der Waals surface area (Å²) in [6.07, 6.45) is 4.87. The molecule has 1 aromatic heterocycles. The molecule has 3 rings (SSSR count). The third kappa shape index (κ3) is 1.55. The quantitative estimate of drug-likeness (QED) is 0.811. The van der Waals surface area contributed by atoms with Crippen LogP contribution >= 0.6 is 0 Å². The molecule has 0 bridgehead atoms. The van der Waals surface area contributed by atoms with Crippen LogP contribution < -0.4 is 0 Å². The number of pyridine rings is 1. The minimum atomic E-state index is -0.664. The zero-order valence-electron chi connectivity index (χ0n) is 10.1. The fraction of sp³-hybridized carbons (Fsp3) is 0.400. The van der Waals surface area contributed by atoms with E-state index in [0.717, 1.165) is 35.7 Å². The standard InChI is InChI=1S/C15H17NO/c1-11-5-3-9-15(11,17)13-7-2-8-14-12(13)6-4-10-16-14/h2,4,6-8,10-11,17H,3,5,9H2,1H3. The molecule has 1 saturated carbocycles. The van der Waals surface area contributed by atoms with E-state index >= 15 is 0 Å². The first-order chi connectivity index (χ1) is 8.22. The van der Waals surface area contributed by atoms with Gasteiger partial charge in [-0.25, -0.2) is 0 Å². The van der Waals surface area contributed by atoms with Crippen LogP contribution in [0.1, 0.15) is 31.7 Å². The monoisotopic (exact) mass is 227 g/mol. The van der Waals surface area contributed by atoms with E-state index in [2.05, 4.69) is 18.0 Å². The SMILES string of the molecule is CC1CCCC1(O)c1cccc2ncccc12. The number of nitrogens with zero attached hydrogens (tertiary/aromatic N) is 1. The predicted octanol–water partition coefficient (Wildman–Crippen LogP) is 3.24. The highest BCUT2D eigenvalue weighted by atomic mass is 16.3. The van der Waals surface area contributed by atoms with Crippen molar-refractivity contribution in [1.82, 2.24) is 4.98 Å². The Hall–Kier alpha value is -1.41. The van der Waals surface area contributed by atoms with Crippen molar-refractivity contribution >= 4 is 10.9 Å². The van der Waals surface area contributed by atoms with Gasteiger partial charge in [0.2, 0.25) is 0 Å². The summed E-state index contributed by atoms with van der Waals surface area (Å²) in [4.78, 5) is 4.36. The number of rotatable bonds is 1. The van der Waals surface area contributed by atoms with E-state index in [1.165, 1.54) is 0 Å². The zero-order chi connectivity index (χ0) is 11.9. The van der Waals surface area contributed by atoms with Gasteiger partial charge < -0.3 is 5.11 Å². The normalized spacial score (nSPS) is 28.7. The maximum Gasteiger partial charge on any atom is 0.0928 e. The van der Waals surface area contributed by atoms with Crippen molar-refractivity contribution in [2.24, 2.45) is 5.92 Å².